The summed E-state index contributed by atoms with van der Waals surface area (Å²) < 4.78 is 28.5. The lowest BCUT2D eigenvalue weighted by atomic mass is 9.75. The number of halogens is 2. The molecule has 1 aliphatic carbocycles. The SMILES string of the molecule is NC1(Cc2csc(CCOCC(F)F)n2)CCC1. The van der Waals surface area contributed by atoms with Crippen LogP contribution in [0.25, 0.3) is 0 Å². The van der Waals surface area contributed by atoms with Gasteiger partial charge in [0.2, 0.25) is 0 Å². The van der Waals surface area contributed by atoms with Crippen molar-refractivity contribution in [3.05, 3.63) is 16.1 Å². The zero-order valence-electron chi connectivity index (χ0n) is 10.2. The van der Waals surface area contributed by atoms with Crippen molar-refractivity contribution in [3.8, 4) is 0 Å². The Hall–Kier alpha value is -0.590. The molecule has 1 saturated carbocycles. The lowest BCUT2D eigenvalue weighted by Gasteiger charge is -2.37. The Balaban J connectivity index is 1.72. The van der Waals surface area contributed by atoms with Crippen LogP contribution in [0.3, 0.4) is 0 Å². The number of alkyl halides is 2. The number of hydrogen-bond donors (Lipinski definition) is 1. The monoisotopic (exact) mass is 276 g/mol. The van der Waals surface area contributed by atoms with Crippen molar-refractivity contribution in [1.82, 2.24) is 4.98 Å². The molecule has 6 heteroatoms. The van der Waals surface area contributed by atoms with E-state index in [-0.39, 0.29) is 5.54 Å². The zero-order valence-corrected chi connectivity index (χ0v) is 11.0. The smallest absolute Gasteiger partial charge is 0.261 e. The van der Waals surface area contributed by atoms with Crippen molar-refractivity contribution in [2.24, 2.45) is 5.73 Å². The first-order valence-electron chi connectivity index (χ1n) is 6.15. The van der Waals surface area contributed by atoms with Gasteiger partial charge in [-0.05, 0) is 19.3 Å². The number of nitrogens with two attached hydrogens (primary N) is 1. The molecule has 1 heterocycles. The molecular weight excluding hydrogens is 258 g/mol. The van der Waals surface area contributed by atoms with E-state index >= 15 is 0 Å². The summed E-state index contributed by atoms with van der Waals surface area (Å²) in [6.07, 6.45) is 2.35. The van der Waals surface area contributed by atoms with E-state index in [4.69, 9.17) is 10.5 Å². The van der Waals surface area contributed by atoms with Gasteiger partial charge < -0.3 is 10.5 Å². The molecule has 18 heavy (non-hydrogen) atoms. The molecule has 0 atom stereocenters. The van der Waals surface area contributed by atoms with E-state index < -0.39 is 13.0 Å². The lowest BCUT2D eigenvalue weighted by molar-refractivity contribution is 0.0187. The second-order valence-electron chi connectivity index (χ2n) is 4.84. The summed E-state index contributed by atoms with van der Waals surface area (Å²) in [5.41, 5.74) is 7.12. The Bertz CT molecular complexity index is 380. The van der Waals surface area contributed by atoms with Crippen LogP contribution in [0.2, 0.25) is 0 Å². The highest BCUT2D eigenvalue weighted by Gasteiger charge is 2.33. The fourth-order valence-electron chi connectivity index (χ4n) is 2.05. The van der Waals surface area contributed by atoms with Gasteiger partial charge in [-0.2, -0.15) is 0 Å². The van der Waals surface area contributed by atoms with Crippen molar-refractivity contribution in [2.45, 2.75) is 44.1 Å². The van der Waals surface area contributed by atoms with E-state index in [0.29, 0.717) is 13.0 Å². The van der Waals surface area contributed by atoms with Gasteiger partial charge in [-0.1, -0.05) is 0 Å². The van der Waals surface area contributed by atoms with Crippen LogP contribution in [0.1, 0.15) is 30.0 Å². The van der Waals surface area contributed by atoms with Crippen LogP contribution in [0, 0.1) is 0 Å². The molecule has 1 aliphatic rings. The second kappa shape index (κ2) is 6.04. The van der Waals surface area contributed by atoms with Crippen LogP contribution in [0.4, 0.5) is 8.78 Å². The first-order chi connectivity index (χ1) is 8.57. The van der Waals surface area contributed by atoms with Gasteiger partial charge in [-0.3, -0.25) is 0 Å². The standard InChI is InChI=1S/C12H18F2N2OS/c13-10(14)7-17-5-2-11-16-9(8-18-11)6-12(15)3-1-4-12/h8,10H,1-7,15H2. The minimum Gasteiger partial charge on any atom is -0.375 e. The second-order valence-corrected chi connectivity index (χ2v) is 5.78. The van der Waals surface area contributed by atoms with Gasteiger partial charge in [-0.25, -0.2) is 13.8 Å². The van der Waals surface area contributed by atoms with Gasteiger partial charge >= 0.3 is 0 Å². The molecule has 0 aromatic carbocycles. The Morgan fingerprint density at radius 3 is 2.89 bits per heavy atom. The molecule has 0 amide bonds. The first kappa shape index (κ1) is 13.8. The first-order valence-corrected chi connectivity index (χ1v) is 7.03. The third-order valence-corrected chi connectivity index (χ3v) is 4.14. The van der Waals surface area contributed by atoms with Crippen LogP contribution in [-0.2, 0) is 17.6 Å². The minimum atomic E-state index is -2.40. The summed E-state index contributed by atoms with van der Waals surface area (Å²) >= 11 is 1.55. The molecule has 0 spiro atoms. The highest BCUT2D eigenvalue weighted by molar-refractivity contribution is 7.09. The Kier molecular flexibility index (Phi) is 4.64. The number of ether oxygens (including phenoxy) is 1. The van der Waals surface area contributed by atoms with Crippen LogP contribution < -0.4 is 5.73 Å². The topological polar surface area (TPSA) is 48.1 Å². The fraction of sp³-hybridized carbons (Fsp3) is 0.750. The Morgan fingerprint density at radius 2 is 2.28 bits per heavy atom. The highest BCUT2D eigenvalue weighted by Crippen LogP contribution is 2.32. The molecule has 1 aromatic heterocycles. The van der Waals surface area contributed by atoms with Gasteiger partial charge in [0.15, 0.2) is 0 Å². The van der Waals surface area contributed by atoms with Crippen molar-refractivity contribution >= 4 is 11.3 Å². The van der Waals surface area contributed by atoms with Gasteiger partial charge in [0.25, 0.3) is 6.43 Å². The fourth-order valence-corrected chi connectivity index (χ4v) is 2.82. The quantitative estimate of drug-likeness (QED) is 0.778. The average molecular weight is 276 g/mol. The molecule has 0 bridgehead atoms. The van der Waals surface area contributed by atoms with Crippen LogP contribution in [-0.4, -0.2) is 30.2 Å². The third kappa shape index (κ3) is 3.96. The number of rotatable bonds is 7. The average Bonchev–Trinajstić information content (AvgIpc) is 2.70. The summed E-state index contributed by atoms with van der Waals surface area (Å²) in [4.78, 5) is 4.46. The van der Waals surface area contributed by atoms with Crippen LogP contribution >= 0.6 is 11.3 Å². The van der Waals surface area contributed by atoms with Crippen LogP contribution in [0.15, 0.2) is 5.38 Å². The maximum absolute atomic E-state index is 11.8. The van der Waals surface area contributed by atoms with Crippen molar-refractivity contribution in [3.63, 3.8) is 0 Å². The van der Waals surface area contributed by atoms with E-state index in [1.54, 1.807) is 11.3 Å². The van der Waals surface area contributed by atoms with Gasteiger partial charge in [0.1, 0.15) is 6.61 Å². The lowest BCUT2D eigenvalue weighted by Crippen LogP contribution is -2.48. The largest absolute Gasteiger partial charge is 0.375 e. The van der Waals surface area contributed by atoms with E-state index in [0.717, 1.165) is 30.0 Å². The molecule has 2 N–H and O–H groups in total. The summed E-state index contributed by atoms with van der Waals surface area (Å²) in [5, 5.41) is 2.94. The van der Waals surface area contributed by atoms with E-state index in [2.05, 4.69) is 4.98 Å². The summed E-state index contributed by atoms with van der Waals surface area (Å²) in [5.74, 6) is 0. The molecule has 1 aromatic rings. The predicted octanol–water partition coefficient (Wildman–Crippen LogP) is 2.39. The minimum absolute atomic E-state index is 0.0580. The maximum atomic E-state index is 11.8. The van der Waals surface area contributed by atoms with Gasteiger partial charge in [0.05, 0.1) is 17.3 Å². The normalized spacial score (nSPS) is 18.0. The summed E-state index contributed by atoms with van der Waals surface area (Å²) in [6.45, 7) is -0.199. The zero-order chi connectivity index (χ0) is 13.0. The molecular formula is C12H18F2N2OS. The molecule has 3 nitrogen and oxygen atoms in total. The van der Waals surface area contributed by atoms with Gasteiger partial charge in [-0.15, -0.1) is 11.3 Å². The van der Waals surface area contributed by atoms with Crippen molar-refractivity contribution < 1.29 is 13.5 Å². The summed E-state index contributed by atoms with van der Waals surface area (Å²) in [6, 6.07) is 0. The van der Waals surface area contributed by atoms with E-state index in [9.17, 15) is 8.78 Å². The van der Waals surface area contributed by atoms with E-state index in [1.807, 2.05) is 5.38 Å². The molecule has 2 rings (SSSR count). The van der Waals surface area contributed by atoms with E-state index in [1.165, 1.54) is 6.42 Å². The van der Waals surface area contributed by atoms with Crippen LogP contribution in [0.5, 0.6) is 0 Å². The number of aromatic nitrogens is 1. The molecule has 0 saturated heterocycles. The Morgan fingerprint density at radius 1 is 1.50 bits per heavy atom. The number of hydrogen-bond acceptors (Lipinski definition) is 4. The molecule has 0 aliphatic heterocycles. The molecule has 0 unspecified atom stereocenters. The molecule has 0 radical (unpaired) electrons. The maximum Gasteiger partial charge on any atom is 0.261 e. The third-order valence-electron chi connectivity index (χ3n) is 3.19. The molecule has 102 valence electrons. The van der Waals surface area contributed by atoms with Gasteiger partial charge in [0, 0.05) is 23.8 Å². The van der Waals surface area contributed by atoms with Crippen molar-refractivity contribution in [2.75, 3.05) is 13.2 Å². The number of nitrogens with zero attached hydrogens (tertiary/aromatic N) is 1. The summed E-state index contributed by atoms with van der Waals surface area (Å²) in [7, 11) is 0. The molecule has 1 fully saturated rings. The highest BCUT2D eigenvalue weighted by atomic mass is 32.1. The predicted molar refractivity (Wildman–Crippen MR) is 67.1 cm³/mol. The Labute approximate surface area is 109 Å². The number of thiazole rings is 1. The van der Waals surface area contributed by atoms with Crippen molar-refractivity contribution in [1.29, 1.82) is 0 Å².